The van der Waals surface area contributed by atoms with Gasteiger partial charge in [0.05, 0.1) is 12.9 Å². The molecule has 1 unspecified atom stereocenters. The summed E-state index contributed by atoms with van der Waals surface area (Å²) in [7, 11) is 0. The van der Waals surface area contributed by atoms with Crippen LogP contribution in [0.3, 0.4) is 0 Å². The van der Waals surface area contributed by atoms with Gasteiger partial charge in [0.1, 0.15) is 23.8 Å². The number of imidazole rings is 1. The van der Waals surface area contributed by atoms with Gasteiger partial charge >= 0.3 is 0 Å². The number of nitrogens with zero attached hydrogens (tertiary/aromatic N) is 4. The molecule has 1 aliphatic carbocycles. The average Bonchev–Trinajstić information content (AvgIpc) is 3.39. The second-order valence-corrected chi connectivity index (χ2v) is 7.57. The minimum atomic E-state index is -1.44. The van der Waals surface area contributed by atoms with Crippen LogP contribution >= 0.6 is 0 Å². The van der Waals surface area contributed by atoms with Crippen LogP contribution in [0.5, 0.6) is 0 Å². The lowest BCUT2D eigenvalue weighted by Crippen LogP contribution is -2.49. The molecule has 3 heterocycles. The Morgan fingerprint density at radius 3 is 2.76 bits per heavy atom. The van der Waals surface area contributed by atoms with Crippen LogP contribution in [0.4, 0.5) is 11.8 Å². The van der Waals surface area contributed by atoms with Crippen molar-refractivity contribution < 1.29 is 20.1 Å². The maximum Gasteiger partial charge on any atom is 0.224 e. The molecule has 0 bridgehead atoms. The normalized spacial score (nSPS) is 31.4. The van der Waals surface area contributed by atoms with Crippen LogP contribution in [0.2, 0.25) is 0 Å². The Balaban J connectivity index is 1.78. The van der Waals surface area contributed by atoms with E-state index >= 15 is 0 Å². The lowest BCUT2D eigenvalue weighted by molar-refractivity contribution is -0.162. The third-order valence-corrected chi connectivity index (χ3v) is 6.10. The van der Waals surface area contributed by atoms with Crippen LogP contribution in [0.15, 0.2) is 30.6 Å². The number of hydrogen-bond acceptors (Lipinski definition) is 9. The molecule has 0 radical (unpaired) electrons. The summed E-state index contributed by atoms with van der Waals surface area (Å²) in [5.74, 6) is -0.236. The Bertz CT molecular complexity index is 1090. The summed E-state index contributed by atoms with van der Waals surface area (Å²) in [6, 6.07) is 7.91. The highest BCUT2D eigenvalue weighted by molar-refractivity contribution is 5.83. The Morgan fingerprint density at radius 2 is 2.00 bits per heavy atom. The molecule has 7 N–H and O–H groups in total. The summed E-state index contributed by atoms with van der Waals surface area (Å²) in [6.45, 7) is -0.444. The molecule has 29 heavy (non-hydrogen) atoms. The van der Waals surface area contributed by atoms with Gasteiger partial charge in [-0.05, 0) is 24.0 Å². The first-order chi connectivity index (χ1) is 14.0. The molecule has 1 saturated heterocycles. The topological polar surface area (TPSA) is 166 Å². The molecule has 10 nitrogen and oxygen atoms in total. The molecule has 5 rings (SSSR count). The van der Waals surface area contributed by atoms with Crippen molar-refractivity contribution in [3.8, 4) is 0 Å². The third kappa shape index (κ3) is 2.40. The van der Waals surface area contributed by atoms with Crippen LogP contribution in [0, 0.1) is 0 Å². The van der Waals surface area contributed by atoms with E-state index in [9.17, 15) is 15.3 Å². The highest BCUT2D eigenvalue weighted by Gasteiger charge is 2.61. The standard InChI is InChI=1S/C19H22N6O4/c20-16-13-17(24-18(21)23-16)25(8-22-13)19(15(28)14(27)12(7-26)29-19)11-6-5-9-3-1-2-4-10(9)11/h1-4,8,11-12,14-15,26-28H,5-7H2,(H4,20,21,23,24)/t11?,12-,14-,15-,19-/m1/s1. The number of nitrogen functional groups attached to an aromatic ring is 2. The monoisotopic (exact) mass is 398 g/mol. The molecule has 152 valence electrons. The molecule has 0 spiro atoms. The van der Waals surface area contributed by atoms with Gasteiger partial charge in [0.15, 0.2) is 17.2 Å². The Kier molecular flexibility index (Phi) is 4.00. The van der Waals surface area contributed by atoms with E-state index in [4.69, 9.17) is 16.2 Å². The van der Waals surface area contributed by atoms with Crippen molar-refractivity contribution in [2.24, 2.45) is 0 Å². The van der Waals surface area contributed by atoms with E-state index in [-0.39, 0.29) is 17.7 Å². The number of fused-ring (bicyclic) bond motifs is 2. The molecule has 3 aromatic rings. The SMILES string of the molecule is Nc1nc(N)c2ncn([C@]3(C4CCc5ccccc54)O[C@H](CO)[C@@H](O)[C@H]3O)c2n1. The van der Waals surface area contributed by atoms with Crippen LogP contribution in [0.1, 0.15) is 23.5 Å². The van der Waals surface area contributed by atoms with Crippen LogP contribution in [-0.2, 0) is 16.9 Å². The van der Waals surface area contributed by atoms with Gasteiger partial charge in [0.2, 0.25) is 5.95 Å². The number of anilines is 2. The number of aryl methyl sites for hydroxylation is 1. The molecule has 1 aliphatic heterocycles. The first-order valence-corrected chi connectivity index (χ1v) is 9.46. The van der Waals surface area contributed by atoms with Crippen molar-refractivity contribution in [3.05, 3.63) is 41.7 Å². The second-order valence-electron chi connectivity index (χ2n) is 7.57. The maximum atomic E-state index is 11.2. The van der Waals surface area contributed by atoms with Gasteiger partial charge < -0.3 is 31.5 Å². The lowest BCUT2D eigenvalue weighted by atomic mass is 9.84. The zero-order valence-corrected chi connectivity index (χ0v) is 15.5. The van der Waals surface area contributed by atoms with Gasteiger partial charge in [0, 0.05) is 5.92 Å². The van der Waals surface area contributed by atoms with E-state index < -0.39 is 30.6 Å². The first kappa shape index (κ1) is 18.3. The highest BCUT2D eigenvalue weighted by Crippen LogP contribution is 2.52. The molecule has 0 amide bonds. The maximum absolute atomic E-state index is 11.2. The summed E-state index contributed by atoms with van der Waals surface area (Å²) in [4.78, 5) is 12.5. The van der Waals surface area contributed by atoms with E-state index in [0.717, 1.165) is 17.5 Å². The van der Waals surface area contributed by atoms with E-state index in [0.29, 0.717) is 17.6 Å². The van der Waals surface area contributed by atoms with Crippen molar-refractivity contribution in [3.63, 3.8) is 0 Å². The predicted octanol–water partition coefficient (Wildman–Crippen LogP) is -0.514. The van der Waals surface area contributed by atoms with Crippen LogP contribution < -0.4 is 11.5 Å². The quantitative estimate of drug-likeness (QED) is 0.390. The van der Waals surface area contributed by atoms with Crippen molar-refractivity contribution in [1.82, 2.24) is 19.5 Å². The van der Waals surface area contributed by atoms with Gasteiger partial charge in [-0.3, -0.25) is 4.57 Å². The third-order valence-electron chi connectivity index (χ3n) is 6.10. The van der Waals surface area contributed by atoms with Gasteiger partial charge in [0.25, 0.3) is 0 Å². The van der Waals surface area contributed by atoms with E-state index in [1.165, 1.54) is 6.33 Å². The number of nitrogens with two attached hydrogens (primary N) is 2. The largest absolute Gasteiger partial charge is 0.394 e. The molecule has 2 aliphatic rings. The van der Waals surface area contributed by atoms with Gasteiger partial charge in [-0.2, -0.15) is 9.97 Å². The number of benzene rings is 1. The molecular weight excluding hydrogens is 376 g/mol. The highest BCUT2D eigenvalue weighted by atomic mass is 16.6. The molecular formula is C19H22N6O4. The molecule has 1 aromatic carbocycles. The van der Waals surface area contributed by atoms with Crippen molar-refractivity contribution in [1.29, 1.82) is 0 Å². The first-order valence-electron chi connectivity index (χ1n) is 9.46. The number of aliphatic hydroxyl groups is 3. The number of hydrogen-bond donors (Lipinski definition) is 5. The Hall–Kier alpha value is -2.79. The fourth-order valence-electron chi connectivity index (χ4n) is 4.81. The predicted molar refractivity (Wildman–Crippen MR) is 104 cm³/mol. The smallest absolute Gasteiger partial charge is 0.224 e. The zero-order valence-electron chi connectivity index (χ0n) is 15.5. The van der Waals surface area contributed by atoms with Gasteiger partial charge in [-0.1, -0.05) is 24.3 Å². The van der Waals surface area contributed by atoms with E-state index in [1.807, 2.05) is 24.3 Å². The minimum Gasteiger partial charge on any atom is -0.394 e. The summed E-state index contributed by atoms with van der Waals surface area (Å²) < 4.78 is 7.80. The molecule has 1 fully saturated rings. The van der Waals surface area contributed by atoms with E-state index in [2.05, 4.69) is 15.0 Å². The minimum absolute atomic E-state index is 0.0366. The fraction of sp³-hybridized carbons (Fsp3) is 0.421. The van der Waals surface area contributed by atoms with E-state index in [1.54, 1.807) is 4.57 Å². The Labute approximate surface area is 165 Å². The fourth-order valence-corrected chi connectivity index (χ4v) is 4.81. The molecule has 5 atom stereocenters. The number of rotatable bonds is 3. The van der Waals surface area contributed by atoms with Crippen molar-refractivity contribution in [2.75, 3.05) is 18.1 Å². The summed E-state index contributed by atoms with van der Waals surface area (Å²) >= 11 is 0. The summed E-state index contributed by atoms with van der Waals surface area (Å²) in [5.41, 5.74) is 13.1. The molecule has 10 heteroatoms. The lowest BCUT2D eigenvalue weighted by Gasteiger charge is -2.39. The van der Waals surface area contributed by atoms with Crippen LogP contribution in [0.25, 0.3) is 11.2 Å². The number of aliphatic hydroxyl groups excluding tert-OH is 3. The molecule has 2 aromatic heterocycles. The zero-order chi connectivity index (χ0) is 20.3. The van der Waals surface area contributed by atoms with Crippen molar-refractivity contribution in [2.45, 2.75) is 42.8 Å². The average molecular weight is 398 g/mol. The second kappa shape index (κ2) is 6.36. The molecule has 0 saturated carbocycles. The Morgan fingerprint density at radius 1 is 1.21 bits per heavy atom. The summed E-state index contributed by atoms with van der Waals surface area (Å²) in [6.07, 6.45) is -0.660. The summed E-state index contributed by atoms with van der Waals surface area (Å²) in [5, 5.41) is 31.6. The van der Waals surface area contributed by atoms with Crippen LogP contribution in [-0.4, -0.2) is 59.8 Å². The van der Waals surface area contributed by atoms with Gasteiger partial charge in [-0.25, -0.2) is 4.98 Å². The number of ether oxygens (including phenoxy) is 1. The van der Waals surface area contributed by atoms with Crippen molar-refractivity contribution >= 4 is 22.9 Å². The van der Waals surface area contributed by atoms with Gasteiger partial charge in [-0.15, -0.1) is 0 Å². The number of aromatic nitrogens is 4.